The summed E-state index contributed by atoms with van der Waals surface area (Å²) in [7, 11) is -4.05. The molecule has 0 heterocycles. The minimum absolute atomic E-state index is 0.0868. The monoisotopic (exact) mass is 486 g/mol. The third-order valence-electron chi connectivity index (χ3n) is 5.34. The highest BCUT2D eigenvalue weighted by molar-refractivity contribution is 7.92. The fourth-order valence-electron chi connectivity index (χ4n) is 3.74. The minimum Gasteiger partial charge on any atom is -0.492 e. The summed E-state index contributed by atoms with van der Waals surface area (Å²) in [6.45, 7) is 1.75. The molecule has 0 unspecified atom stereocenters. The summed E-state index contributed by atoms with van der Waals surface area (Å²) in [6.07, 6.45) is 0. The predicted octanol–water partition coefficient (Wildman–Crippen LogP) is 5.59. The molecular formula is C28H26N2O4S. The Labute approximate surface area is 205 Å². The second-order valence-corrected chi connectivity index (χ2v) is 9.55. The van der Waals surface area contributed by atoms with Crippen LogP contribution in [0.15, 0.2) is 114 Å². The lowest BCUT2D eigenvalue weighted by molar-refractivity contribution is -0.114. The van der Waals surface area contributed by atoms with Gasteiger partial charge in [0.2, 0.25) is 5.91 Å². The van der Waals surface area contributed by atoms with E-state index in [-0.39, 0.29) is 4.90 Å². The Morgan fingerprint density at radius 1 is 0.800 bits per heavy atom. The van der Waals surface area contributed by atoms with Gasteiger partial charge in [0.15, 0.2) is 0 Å². The van der Waals surface area contributed by atoms with E-state index in [1.807, 2.05) is 55.5 Å². The molecule has 0 fully saturated rings. The average molecular weight is 487 g/mol. The minimum atomic E-state index is -4.05. The molecule has 0 aliphatic rings. The van der Waals surface area contributed by atoms with E-state index in [9.17, 15) is 13.2 Å². The molecule has 0 radical (unpaired) electrons. The molecule has 0 aromatic heterocycles. The molecule has 0 bridgehead atoms. The average Bonchev–Trinajstić information content (AvgIpc) is 2.89. The maximum atomic E-state index is 13.7. The van der Waals surface area contributed by atoms with Gasteiger partial charge in [0.1, 0.15) is 12.3 Å². The third-order valence-corrected chi connectivity index (χ3v) is 7.11. The number of nitrogens with zero attached hydrogens (tertiary/aromatic N) is 1. The molecule has 4 rings (SSSR count). The number of anilines is 2. The smallest absolute Gasteiger partial charge is 0.264 e. The van der Waals surface area contributed by atoms with Crippen LogP contribution >= 0.6 is 0 Å². The van der Waals surface area contributed by atoms with Gasteiger partial charge >= 0.3 is 0 Å². The molecule has 7 heteroatoms. The van der Waals surface area contributed by atoms with Crippen LogP contribution in [-0.4, -0.2) is 27.5 Å². The van der Waals surface area contributed by atoms with Gasteiger partial charge in [0.05, 0.1) is 17.2 Å². The van der Waals surface area contributed by atoms with E-state index in [0.29, 0.717) is 23.7 Å². The van der Waals surface area contributed by atoms with E-state index in [0.717, 1.165) is 15.4 Å². The first-order chi connectivity index (χ1) is 17.0. The van der Waals surface area contributed by atoms with Crippen LogP contribution in [0.2, 0.25) is 0 Å². The number of carbonyl (C=O) groups is 1. The molecule has 0 saturated heterocycles. The second-order valence-electron chi connectivity index (χ2n) is 7.69. The number of nitrogens with one attached hydrogen (secondary N) is 1. The van der Waals surface area contributed by atoms with Gasteiger partial charge in [-0.3, -0.25) is 9.10 Å². The van der Waals surface area contributed by atoms with Crippen molar-refractivity contribution in [2.75, 3.05) is 22.8 Å². The maximum absolute atomic E-state index is 13.7. The van der Waals surface area contributed by atoms with Gasteiger partial charge in [-0.25, -0.2) is 8.42 Å². The number of para-hydroxylation sites is 3. The summed E-state index contributed by atoms with van der Waals surface area (Å²) in [6, 6.07) is 32.0. The standard InChI is InChI=1S/C28H26N2O4S/c1-2-34-27-20-12-11-19-26(27)30(35(32,33)23-15-7-4-8-16-23)21-28(31)29-25-18-10-9-17-24(25)22-13-5-3-6-14-22/h3-20H,2,21H2,1H3,(H,29,31). The number of hydrogen-bond acceptors (Lipinski definition) is 4. The van der Waals surface area contributed by atoms with Gasteiger partial charge in [-0.2, -0.15) is 0 Å². The summed E-state index contributed by atoms with van der Waals surface area (Å²) < 4.78 is 34.1. The molecule has 0 aliphatic carbocycles. The third kappa shape index (κ3) is 5.53. The number of rotatable bonds is 9. The normalized spacial score (nSPS) is 11.0. The van der Waals surface area contributed by atoms with E-state index >= 15 is 0 Å². The van der Waals surface area contributed by atoms with Crippen molar-refractivity contribution in [2.24, 2.45) is 0 Å². The zero-order valence-corrected chi connectivity index (χ0v) is 20.1. The molecule has 1 N–H and O–H groups in total. The summed E-state index contributed by atoms with van der Waals surface area (Å²) in [5, 5.41) is 2.90. The predicted molar refractivity (Wildman–Crippen MR) is 139 cm³/mol. The van der Waals surface area contributed by atoms with Crippen LogP contribution in [0.25, 0.3) is 11.1 Å². The number of benzene rings is 4. The number of ether oxygens (including phenoxy) is 1. The van der Waals surface area contributed by atoms with Crippen molar-refractivity contribution in [1.29, 1.82) is 0 Å². The molecule has 6 nitrogen and oxygen atoms in total. The lowest BCUT2D eigenvalue weighted by Gasteiger charge is -2.26. The molecule has 35 heavy (non-hydrogen) atoms. The van der Waals surface area contributed by atoms with Crippen LogP contribution in [0.5, 0.6) is 5.75 Å². The maximum Gasteiger partial charge on any atom is 0.264 e. The zero-order valence-electron chi connectivity index (χ0n) is 19.3. The highest BCUT2D eigenvalue weighted by Crippen LogP contribution is 2.33. The Bertz CT molecular complexity index is 1390. The van der Waals surface area contributed by atoms with Crippen LogP contribution in [0.1, 0.15) is 6.92 Å². The molecule has 0 saturated carbocycles. The first-order valence-corrected chi connectivity index (χ1v) is 12.7. The van der Waals surface area contributed by atoms with Crippen molar-refractivity contribution in [3.8, 4) is 16.9 Å². The summed E-state index contributed by atoms with van der Waals surface area (Å²) in [5.74, 6) is -0.0915. The van der Waals surface area contributed by atoms with Crippen molar-refractivity contribution in [2.45, 2.75) is 11.8 Å². The van der Waals surface area contributed by atoms with Crippen LogP contribution in [-0.2, 0) is 14.8 Å². The van der Waals surface area contributed by atoms with E-state index in [2.05, 4.69) is 5.32 Å². The van der Waals surface area contributed by atoms with Crippen molar-refractivity contribution in [3.63, 3.8) is 0 Å². The number of hydrogen-bond donors (Lipinski definition) is 1. The second kappa shape index (κ2) is 10.9. The SMILES string of the molecule is CCOc1ccccc1N(CC(=O)Nc1ccccc1-c1ccccc1)S(=O)(=O)c1ccccc1. The lowest BCUT2D eigenvalue weighted by Crippen LogP contribution is -2.38. The van der Waals surface area contributed by atoms with Crippen molar-refractivity contribution in [1.82, 2.24) is 0 Å². The summed E-state index contributed by atoms with van der Waals surface area (Å²) >= 11 is 0. The van der Waals surface area contributed by atoms with E-state index < -0.39 is 22.5 Å². The van der Waals surface area contributed by atoms with Gasteiger partial charge in [-0.15, -0.1) is 0 Å². The first kappa shape index (κ1) is 24.0. The Morgan fingerprint density at radius 3 is 2.11 bits per heavy atom. The van der Waals surface area contributed by atoms with Gasteiger partial charge in [-0.05, 0) is 42.8 Å². The van der Waals surface area contributed by atoms with Crippen LogP contribution in [0, 0.1) is 0 Å². The highest BCUT2D eigenvalue weighted by Gasteiger charge is 2.29. The Hall–Kier alpha value is -4.10. The van der Waals surface area contributed by atoms with Crippen LogP contribution < -0.4 is 14.4 Å². The Kier molecular flexibility index (Phi) is 7.48. The van der Waals surface area contributed by atoms with Crippen LogP contribution in [0.4, 0.5) is 11.4 Å². The summed E-state index contributed by atoms with van der Waals surface area (Å²) in [5.41, 5.74) is 2.68. The van der Waals surface area contributed by atoms with Gasteiger partial charge in [0, 0.05) is 11.3 Å². The van der Waals surface area contributed by atoms with Crippen LogP contribution in [0.3, 0.4) is 0 Å². The molecule has 4 aromatic rings. The summed E-state index contributed by atoms with van der Waals surface area (Å²) in [4.78, 5) is 13.4. The fourth-order valence-corrected chi connectivity index (χ4v) is 5.19. The molecule has 178 valence electrons. The largest absolute Gasteiger partial charge is 0.492 e. The number of sulfonamides is 1. The fraction of sp³-hybridized carbons (Fsp3) is 0.107. The molecule has 0 atom stereocenters. The molecule has 4 aromatic carbocycles. The lowest BCUT2D eigenvalue weighted by atomic mass is 10.0. The first-order valence-electron chi connectivity index (χ1n) is 11.2. The molecule has 0 aliphatic heterocycles. The topological polar surface area (TPSA) is 75.7 Å². The van der Waals surface area contributed by atoms with Crippen molar-refractivity contribution >= 4 is 27.3 Å². The quantitative estimate of drug-likeness (QED) is 0.335. The molecular weight excluding hydrogens is 460 g/mol. The van der Waals surface area contributed by atoms with Gasteiger partial charge < -0.3 is 10.1 Å². The van der Waals surface area contributed by atoms with E-state index in [1.165, 1.54) is 12.1 Å². The van der Waals surface area contributed by atoms with E-state index in [1.54, 1.807) is 48.5 Å². The number of amides is 1. The zero-order chi connectivity index (χ0) is 24.7. The van der Waals surface area contributed by atoms with E-state index in [4.69, 9.17) is 4.74 Å². The number of carbonyl (C=O) groups excluding carboxylic acids is 1. The van der Waals surface area contributed by atoms with Crippen molar-refractivity contribution in [3.05, 3.63) is 109 Å². The van der Waals surface area contributed by atoms with Gasteiger partial charge in [-0.1, -0.05) is 78.9 Å². The van der Waals surface area contributed by atoms with Gasteiger partial charge in [0.25, 0.3) is 10.0 Å². The Balaban J connectivity index is 1.70. The highest BCUT2D eigenvalue weighted by atomic mass is 32.2. The Morgan fingerprint density at radius 2 is 1.40 bits per heavy atom. The van der Waals surface area contributed by atoms with Crippen molar-refractivity contribution < 1.29 is 17.9 Å². The molecule has 0 spiro atoms. The molecule has 1 amide bonds.